The third-order valence-corrected chi connectivity index (χ3v) is 5.52. The van der Waals surface area contributed by atoms with E-state index in [4.69, 9.17) is 9.47 Å². The molecule has 168 valence electrons. The average Bonchev–Trinajstić information content (AvgIpc) is 2.55. The molecule has 0 aromatic heterocycles. The van der Waals surface area contributed by atoms with E-state index in [2.05, 4.69) is 29.1 Å². The highest BCUT2D eigenvalue weighted by molar-refractivity contribution is 5.69. The smallest absolute Gasteiger partial charge is 0.410 e. The van der Waals surface area contributed by atoms with Gasteiger partial charge in [0, 0.05) is 45.3 Å². The first-order valence-electron chi connectivity index (χ1n) is 10.8. The Morgan fingerprint density at radius 2 is 1.76 bits per heavy atom. The molecule has 1 N–H and O–H groups in total. The predicted octanol–water partition coefficient (Wildman–Crippen LogP) is 2.53. The Hall–Kier alpha value is -1.54. The van der Waals surface area contributed by atoms with Crippen molar-refractivity contribution >= 4 is 12.2 Å². The molecule has 1 unspecified atom stereocenters. The van der Waals surface area contributed by atoms with Gasteiger partial charge in [-0.1, -0.05) is 0 Å². The summed E-state index contributed by atoms with van der Waals surface area (Å²) in [5.41, 5.74) is -0.793. The van der Waals surface area contributed by atoms with E-state index in [0.29, 0.717) is 6.54 Å². The second kappa shape index (κ2) is 9.51. The molecule has 0 aromatic carbocycles. The summed E-state index contributed by atoms with van der Waals surface area (Å²) in [5.74, 6) is 0. The molecule has 8 heteroatoms. The Kier molecular flexibility index (Phi) is 7.79. The minimum atomic E-state index is -0.493. The molecule has 2 amide bonds. The highest BCUT2D eigenvalue weighted by atomic mass is 16.6. The van der Waals surface area contributed by atoms with E-state index in [0.717, 1.165) is 45.6 Å². The van der Waals surface area contributed by atoms with Crippen LogP contribution < -0.4 is 5.32 Å². The lowest BCUT2D eigenvalue weighted by molar-refractivity contribution is -0.00452. The molecule has 0 bridgehead atoms. The number of piperazine rings is 1. The van der Waals surface area contributed by atoms with Gasteiger partial charge in [0.25, 0.3) is 0 Å². The normalized spacial score (nSPS) is 23.7. The van der Waals surface area contributed by atoms with Crippen molar-refractivity contribution in [3.63, 3.8) is 0 Å². The number of piperidine rings is 1. The zero-order chi connectivity index (χ0) is 21.8. The summed E-state index contributed by atoms with van der Waals surface area (Å²) >= 11 is 0. The first-order valence-corrected chi connectivity index (χ1v) is 10.8. The maximum absolute atomic E-state index is 12.5. The number of likely N-dealkylation sites (tertiary alicyclic amines) is 1. The molecule has 1 atom stereocenters. The second-order valence-electron chi connectivity index (χ2n) is 9.92. The number of hydrogen-bond acceptors (Lipinski definition) is 6. The number of nitrogens with zero attached hydrogens (tertiary/aromatic N) is 3. The van der Waals surface area contributed by atoms with Crippen LogP contribution in [-0.2, 0) is 9.47 Å². The average molecular weight is 413 g/mol. The molecule has 2 aliphatic rings. The molecule has 0 aromatic rings. The van der Waals surface area contributed by atoms with Crippen LogP contribution in [0.25, 0.3) is 0 Å². The quantitative estimate of drug-likeness (QED) is 0.765. The fourth-order valence-corrected chi connectivity index (χ4v) is 4.03. The molecule has 0 aliphatic carbocycles. The van der Waals surface area contributed by atoms with Gasteiger partial charge in [-0.2, -0.15) is 0 Å². The Bertz CT molecular complexity index is 568. The predicted molar refractivity (Wildman–Crippen MR) is 113 cm³/mol. The molecule has 0 spiro atoms. The molecular weight excluding hydrogens is 372 g/mol. The van der Waals surface area contributed by atoms with E-state index in [1.807, 2.05) is 39.5 Å². The fourth-order valence-electron chi connectivity index (χ4n) is 4.03. The van der Waals surface area contributed by atoms with Crippen LogP contribution in [0.1, 0.15) is 54.4 Å². The second-order valence-corrected chi connectivity index (χ2v) is 9.92. The Morgan fingerprint density at radius 1 is 1.14 bits per heavy atom. The minimum Gasteiger partial charge on any atom is -0.447 e. The van der Waals surface area contributed by atoms with Crippen molar-refractivity contribution in [1.82, 2.24) is 20.0 Å². The summed E-state index contributed by atoms with van der Waals surface area (Å²) in [7, 11) is 2.11. The standard InChI is InChI=1S/C21H40N4O4/c1-16(2)28-18(26)22-21(8-10-23(7)11-9-21)15-24-12-13-25(17(3)14-24)19(27)29-20(4,5)6/h16-17H,8-15H2,1-7H3,(H,22,26). The maximum Gasteiger partial charge on any atom is 0.410 e. The Labute approximate surface area is 175 Å². The number of amides is 2. The molecule has 2 fully saturated rings. The number of alkyl carbamates (subject to hydrolysis) is 1. The maximum atomic E-state index is 12.5. The molecule has 2 aliphatic heterocycles. The molecule has 2 saturated heterocycles. The lowest BCUT2D eigenvalue weighted by Crippen LogP contribution is -2.63. The summed E-state index contributed by atoms with van der Waals surface area (Å²) in [6, 6.07) is 0.0597. The molecule has 0 radical (unpaired) electrons. The van der Waals surface area contributed by atoms with Gasteiger partial charge in [0.2, 0.25) is 0 Å². The molecular formula is C21H40N4O4. The summed E-state index contributed by atoms with van der Waals surface area (Å²) in [5, 5.41) is 3.18. The van der Waals surface area contributed by atoms with Crippen molar-refractivity contribution in [2.45, 2.75) is 77.7 Å². The number of carbonyl (C=O) groups excluding carboxylic acids is 2. The molecule has 29 heavy (non-hydrogen) atoms. The summed E-state index contributed by atoms with van der Waals surface area (Å²) < 4.78 is 10.9. The van der Waals surface area contributed by atoms with Crippen molar-refractivity contribution in [2.24, 2.45) is 0 Å². The van der Waals surface area contributed by atoms with Crippen molar-refractivity contribution in [3.05, 3.63) is 0 Å². The molecule has 2 rings (SSSR count). The third kappa shape index (κ3) is 7.33. The topological polar surface area (TPSA) is 74.3 Å². The van der Waals surface area contributed by atoms with E-state index >= 15 is 0 Å². The lowest BCUT2D eigenvalue weighted by atomic mass is 9.86. The number of ether oxygens (including phenoxy) is 2. The van der Waals surface area contributed by atoms with E-state index < -0.39 is 5.60 Å². The third-order valence-electron chi connectivity index (χ3n) is 5.52. The van der Waals surface area contributed by atoms with Crippen LogP contribution in [0.15, 0.2) is 0 Å². The van der Waals surface area contributed by atoms with Crippen molar-refractivity contribution < 1.29 is 19.1 Å². The SMILES string of the molecule is CC(C)OC(=O)NC1(CN2CCN(C(=O)OC(C)(C)C)C(C)C2)CCN(C)CC1. The van der Waals surface area contributed by atoms with Gasteiger partial charge in [-0.15, -0.1) is 0 Å². The van der Waals surface area contributed by atoms with Crippen molar-refractivity contribution in [1.29, 1.82) is 0 Å². The highest BCUT2D eigenvalue weighted by Gasteiger charge is 2.40. The zero-order valence-electron chi connectivity index (χ0n) is 19.3. The molecule has 8 nitrogen and oxygen atoms in total. The lowest BCUT2D eigenvalue weighted by Gasteiger charge is -2.47. The van der Waals surface area contributed by atoms with E-state index in [1.165, 1.54) is 0 Å². The van der Waals surface area contributed by atoms with Gasteiger partial charge in [-0.25, -0.2) is 9.59 Å². The van der Waals surface area contributed by atoms with Gasteiger partial charge in [-0.3, -0.25) is 4.90 Å². The van der Waals surface area contributed by atoms with Gasteiger partial charge in [0.05, 0.1) is 11.6 Å². The van der Waals surface area contributed by atoms with Crippen molar-refractivity contribution in [2.75, 3.05) is 46.3 Å². The van der Waals surface area contributed by atoms with Crippen LogP contribution in [0.4, 0.5) is 9.59 Å². The minimum absolute atomic E-state index is 0.0597. The van der Waals surface area contributed by atoms with Crippen LogP contribution >= 0.6 is 0 Å². The monoisotopic (exact) mass is 412 g/mol. The molecule has 0 saturated carbocycles. The number of carbonyl (C=O) groups is 2. The number of nitrogens with one attached hydrogen (secondary N) is 1. The zero-order valence-corrected chi connectivity index (χ0v) is 19.3. The highest BCUT2D eigenvalue weighted by Crippen LogP contribution is 2.25. The van der Waals surface area contributed by atoms with Crippen molar-refractivity contribution in [3.8, 4) is 0 Å². The van der Waals surface area contributed by atoms with Crippen LogP contribution in [0, 0.1) is 0 Å². The van der Waals surface area contributed by atoms with E-state index in [1.54, 1.807) is 0 Å². The Balaban J connectivity index is 1.99. The number of rotatable bonds is 4. The fraction of sp³-hybridized carbons (Fsp3) is 0.905. The first kappa shape index (κ1) is 23.7. The van der Waals surface area contributed by atoms with Crippen LogP contribution in [0.3, 0.4) is 0 Å². The van der Waals surface area contributed by atoms with E-state index in [-0.39, 0.29) is 29.9 Å². The van der Waals surface area contributed by atoms with Gasteiger partial charge in [0.1, 0.15) is 5.60 Å². The van der Waals surface area contributed by atoms with Gasteiger partial charge in [0.15, 0.2) is 0 Å². The Morgan fingerprint density at radius 3 is 2.28 bits per heavy atom. The van der Waals surface area contributed by atoms with Gasteiger partial charge < -0.3 is 24.6 Å². The number of hydrogen-bond donors (Lipinski definition) is 1. The summed E-state index contributed by atoms with van der Waals surface area (Å²) in [4.78, 5) is 31.3. The van der Waals surface area contributed by atoms with Crippen LogP contribution in [0.5, 0.6) is 0 Å². The molecule has 2 heterocycles. The van der Waals surface area contributed by atoms with Crippen LogP contribution in [0.2, 0.25) is 0 Å². The summed E-state index contributed by atoms with van der Waals surface area (Å²) in [6.07, 6.45) is 1.03. The largest absolute Gasteiger partial charge is 0.447 e. The van der Waals surface area contributed by atoms with E-state index in [9.17, 15) is 9.59 Å². The summed E-state index contributed by atoms with van der Waals surface area (Å²) in [6.45, 7) is 16.2. The van der Waals surface area contributed by atoms with Crippen LogP contribution in [-0.4, -0.2) is 96.5 Å². The first-order chi connectivity index (χ1) is 13.4. The van der Waals surface area contributed by atoms with Gasteiger partial charge >= 0.3 is 12.2 Å². The van der Waals surface area contributed by atoms with Gasteiger partial charge in [-0.05, 0) is 61.4 Å².